The number of aliphatic hydroxyl groups excluding tert-OH is 1. The van der Waals surface area contributed by atoms with E-state index in [-0.39, 0.29) is 6.10 Å². The van der Waals surface area contributed by atoms with Gasteiger partial charge in [0.2, 0.25) is 0 Å². The second kappa shape index (κ2) is 3.56. The molecule has 0 aromatic heterocycles. The molecule has 0 amide bonds. The number of piperidine rings is 1. The van der Waals surface area contributed by atoms with E-state index >= 15 is 0 Å². The van der Waals surface area contributed by atoms with Gasteiger partial charge in [0.1, 0.15) is 0 Å². The molecule has 0 aliphatic carbocycles. The van der Waals surface area contributed by atoms with Crippen molar-refractivity contribution in [1.29, 1.82) is 0 Å². The van der Waals surface area contributed by atoms with Gasteiger partial charge in [0.15, 0.2) is 0 Å². The maximum Gasteiger partial charge on any atom is 0.0615 e. The lowest BCUT2D eigenvalue weighted by Gasteiger charge is -2.46. The van der Waals surface area contributed by atoms with Crippen LogP contribution in [0.25, 0.3) is 0 Å². The minimum Gasteiger partial charge on any atom is -0.392 e. The third kappa shape index (κ3) is 1.73. The highest BCUT2D eigenvalue weighted by Crippen LogP contribution is 2.24. The molecule has 13 heavy (non-hydrogen) atoms. The first-order valence-electron chi connectivity index (χ1n) is 5.31. The normalized spacial score (nSPS) is 43.2. The van der Waals surface area contributed by atoms with Gasteiger partial charge < -0.3 is 10.4 Å². The van der Waals surface area contributed by atoms with Gasteiger partial charge in [-0.2, -0.15) is 0 Å². The predicted octanol–water partition coefficient (Wildman–Crippen LogP) is -0.0931. The van der Waals surface area contributed by atoms with Crippen molar-refractivity contribution in [3.63, 3.8) is 0 Å². The molecule has 0 spiro atoms. The van der Waals surface area contributed by atoms with E-state index in [1.54, 1.807) is 0 Å². The SMILES string of the molecule is CC1CN(C2CNC2)CC(C)C1O. The zero-order chi connectivity index (χ0) is 9.42. The van der Waals surface area contributed by atoms with Gasteiger partial charge in [0.25, 0.3) is 0 Å². The molecule has 2 fully saturated rings. The van der Waals surface area contributed by atoms with Crippen LogP contribution >= 0.6 is 0 Å². The molecule has 2 aliphatic heterocycles. The van der Waals surface area contributed by atoms with Crippen LogP contribution in [0.3, 0.4) is 0 Å². The number of hydrogen-bond acceptors (Lipinski definition) is 3. The zero-order valence-electron chi connectivity index (χ0n) is 8.53. The molecule has 3 nitrogen and oxygen atoms in total. The molecule has 2 unspecified atom stereocenters. The Kier molecular flexibility index (Phi) is 2.58. The quantitative estimate of drug-likeness (QED) is 0.598. The van der Waals surface area contributed by atoms with E-state index in [9.17, 15) is 5.11 Å². The van der Waals surface area contributed by atoms with E-state index in [1.165, 1.54) is 0 Å². The van der Waals surface area contributed by atoms with Crippen molar-refractivity contribution < 1.29 is 5.11 Å². The first-order chi connectivity index (χ1) is 6.18. The summed E-state index contributed by atoms with van der Waals surface area (Å²) < 4.78 is 0. The highest BCUT2D eigenvalue weighted by Gasteiger charge is 2.35. The molecule has 76 valence electrons. The Balaban J connectivity index is 1.92. The summed E-state index contributed by atoms with van der Waals surface area (Å²) in [5.41, 5.74) is 0. The van der Waals surface area contributed by atoms with E-state index in [2.05, 4.69) is 24.1 Å². The van der Waals surface area contributed by atoms with Crippen LogP contribution in [0.1, 0.15) is 13.8 Å². The molecule has 2 heterocycles. The van der Waals surface area contributed by atoms with Crippen molar-refractivity contribution in [3.8, 4) is 0 Å². The van der Waals surface area contributed by atoms with Crippen molar-refractivity contribution in [1.82, 2.24) is 10.2 Å². The van der Waals surface area contributed by atoms with Gasteiger partial charge in [0.05, 0.1) is 6.10 Å². The van der Waals surface area contributed by atoms with Gasteiger partial charge in [-0.3, -0.25) is 4.90 Å². The molecule has 2 rings (SSSR count). The van der Waals surface area contributed by atoms with Crippen molar-refractivity contribution in [2.75, 3.05) is 26.2 Å². The van der Waals surface area contributed by atoms with E-state index in [4.69, 9.17) is 0 Å². The number of hydrogen-bond donors (Lipinski definition) is 2. The summed E-state index contributed by atoms with van der Waals surface area (Å²) in [6.45, 7) is 8.71. The fourth-order valence-corrected chi connectivity index (χ4v) is 2.42. The molecule has 2 aliphatic rings. The van der Waals surface area contributed by atoms with E-state index < -0.39 is 0 Å². The maximum atomic E-state index is 9.79. The smallest absolute Gasteiger partial charge is 0.0615 e. The number of likely N-dealkylation sites (tertiary alicyclic amines) is 1. The van der Waals surface area contributed by atoms with Gasteiger partial charge in [0, 0.05) is 32.2 Å². The van der Waals surface area contributed by atoms with Crippen LogP contribution in [0.5, 0.6) is 0 Å². The second-order valence-electron chi connectivity index (χ2n) is 4.71. The second-order valence-corrected chi connectivity index (χ2v) is 4.71. The fourth-order valence-electron chi connectivity index (χ4n) is 2.42. The van der Waals surface area contributed by atoms with Crippen LogP contribution in [0.15, 0.2) is 0 Å². The monoisotopic (exact) mass is 184 g/mol. The number of nitrogens with zero attached hydrogens (tertiary/aromatic N) is 1. The first kappa shape index (κ1) is 9.44. The highest BCUT2D eigenvalue weighted by molar-refractivity contribution is 4.91. The van der Waals surface area contributed by atoms with Crippen LogP contribution < -0.4 is 5.32 Å². The standard InChI is InChI=1S/C10H20N2O/c1-7-5-12(9-3-11-4-9)6-8(2)10(7)13/h7-11,13H,3-6H2,1-2H3. The van der Waals surface area contributed by atoms with E-state index in [0.29, 0.717) is 11.8 Å². The number of aliphatic hydroxyl groups is 1. The number of rotatable bonds is 1. The summed E-state index contributed by atoms with van der Waals surface area (Å²) in [5.74, 6) is 0.869. The summed E-state index contributed by atoms with van der Waals surface area (Å²) in [5, 5.41) is 13.1. The Morgan fingerprint density at radius 2 is 1.69 bits per heavy atom. The van der Waals surface area contributed by atoms with Crippen LogP contribution in [0.2, 0.25) is 0 Å². The fraction of sp³-hybridized carbons (Fsp3) is 1.00. The van der Waals surface area contributed by atoms with E-state index in [1.807, 2.05) is 0 Å². The molecule has 2 saturated heterocycles. The third-order valence-corrected chi connectivity index (χ3v) is 3.49. The van der Waals surface area contributed by atoms with Gasteiger partial charge in [-0.15, -0.1) is 0 Å². The summed E-state index contributed by atoms with van der Waals surface area (Å²) in [6, 6.07) is 0.734. The lowest BCUT2D eigenvalue weighted by Crippen LogP contribution is -2.62. The average Bonchev–Trinajstić information content (AvgIpc) is 1.96. The molecule has 3 heteroatoms. The summed E-state index contributed by atoms with van der Waals surface area (Å²) in [7, 11) is 0. The Hall–Kier alpha value is -0.120. The lowest BCUT2D eigenvalue weighted by molar-refractivity contribution is -0.0308. The van der Waals surface area contributed by atoms with E-state index in [0.717, 1.165) is 32.2 Å². The van der Waals surface area contributed by atoms with Gasteiger partial charge in [-0.25, -0.2) is 0 Å². The topological polar surface area (TPSA) is 35.5 Å². The molecule has 0 aromatic rings. The largest absolute Gasteiger partial charge is 0.392 e. The zero-order valence-corrected chi connectivity index (χ0v) is 8.53. The lowest BCUT2D eigenvalue weighted by atomic mass is 9.87. The highest BCUT2D eigenvalue weighted by atomic mass is 16.3. The van der Waals surface area contributed by atoms with Crippen LogP contribution in [-0.4, -0.2) is 48.3 Å². The molecule has 2 N–H and O–H groups in total. The minimum absolute atomic E-state index is 0.0933. The third-order valence-electron chi connectivity index (χ3n) is 3.49. The van der Waals surface area contributed by atoms with Crippen LogP contribution in [-0.2, 0) is 0 Å². The summed E-state index contributed by atoms with van der Waals surface area (Å²) >= 11 is 0. The Bertz CT molecular complexity index is 170. The predicted molar refractivity (Wildman–Crippen MR) is 52.6 cm³/mol. The van der Waals surface area contributed by atoms with Gasteiger partial charge >= 0.3 is 0 Å². The maximum absolute atomic E-state index is 9.79. The first-order valence-corrected chi connectivity index (χ1v) is 5.31. The van der Waals surface area contributed by atoms with Crippen molar-refractivity contribution >= 4 is 0 Å². The van der Waals surface area contributed by atoms with Crippen molar-refractivity contribution in [2.45, 2.75) is 26.0 Å². The van der Waals surface area contributed by atoms with Crippen molar-refractivity contribution in [3.05, 3.63) is 0 Å². The summed E-state index contributed by atoms with van der Waals surface area (Å²) in [6.07, 6.45) is -0.0933. The summed E-state index contributed by atoms with van der Waals surface area (Å²) in [4.78, 5) is 2.53. The average molecular weight is 184 g/mol. The Morgan fingerprint density at radius 1 is 1.15 bits per heavy atom. The van der Waals surface area contributed by atoms with Crippen LogP contribution in [0, 0.1) is 11.8 Å². The number of nitrogens with one attached hydrogen (secondary N) is 1. The Morgan fingerprint density at radius 3 is 2.08 bits per heavy atom. The van der Waals surface area contributed by atoms with Gasteiger partial charge in [-0.1, -0.05) is 13.8 Å². The molecular weight excluding hydrogens is 164 g/mol. The molecule has 0 saturated carbocycles. The Labute approximate surface area is 80.1 Å². The van der Waals surface area contributed by atoms with Gasteiger partial charge in [-0.05, 0) is 11.8 Å². The molecular formula is C10H20N2O. The van der Waals surface area contributed by atoms with Crippen LogP contribution in [0.4, 0.5) is 0 Å². The molecule has 0 aromatic carbocycles. The minimum atomic E-state index is -0.0933. The molecule has 0 bridgehead atoms. The molecule has 0 radical (unpaired) electrons. The van der Waals surface area contributed by atoms with Crippen molar-refractivity contribution in [2.24, 2.45) is 11.8 Å². The molecule has 2 atom stereocenters.